The molecule has 0 atom stereocenters. The fraction of sp³-hybridized carbons (Fsp3) is 0.0714. The van der Waals surface area contributed by atoms with E-state index in [0.717, 1.165) is 22.6 Å². The third-order valence-corrected chi connectivity index (χ3v) is 2.93. The molecule has 0 fully saturated rings. The topological polar surface area (TPSA) is 61.8 Å². The summed E-state index contributed by atoms with van der Waals surface area (Å²) in [6.45, 7) is 1.97. The molecule has 0 spiro atoms. The Bertz CT molecular complexity index is 629. The van der Waals surface area contributed by atoms with Gasteiger partial charge in [-0.1, -0.05) is 11.6 Å². The fourth-order valence-corrected chi connectivity index (χ4v) is 1.89. The van der Waals surface area contributed by atoms with E-state index in [4.69, 9.17) is 22.6 Å². The van der Waals surface area contributed by atoms with E-state index < -0.39 is 0 Å². The average molecular weight is 258 g/mol. The van der Waals surface area contributed by atoms with Crippen molar-refractivity contribution in [3.63, 3.8) is 0 Å². The lowest BCUT2D eigenvalue weighted by molar-refractivity contribution is 1.42. The van der Waals surface area contributed by atoms with Gasteiger partial charge in [0, 0.05) is 11.4 Å². The number of halogens is 1. The van der Waals surface area contributed by atoms with Gasteiger partial charge in [-0.15, -0.1) is 0 Å². The maximum atomic E-state index is 8.77. The normalized spacial score (nSPS) is 9.83. The SMILES string of the molecule is Cc1cc(N)ccc1Nc1ccc(C#N)cc1Cl. The van der Waals surface area contributed by atoms with E-state index in [1.165, 1.54) is 0 Å². The van der Waals surface area contributed by atoms with Crippen LogP contribution in [-0.2, 0) is 0 Å². The Morgan fingerprint density at radius 3 is 2.50 bits per heavy atom. The van der Waals surface area contributed by atoms with Gasteiger partial charge in [0.05, 0.1) is 22.3 Å². The summed E-state index contributed by atoms with van der Waals surface area (Å²) in [5.41, 5.74) is 9.71. The van der Waals surface area contributed by atoms with E-state index in [1.54, 1.807) is 18.2 Å². The van der Waals surface area contributed by atoms with E-state index in [2.05, 4.69) is 5.32 Å². The highest BCUT2D eigenvalue weighted by molar-refractivity contribution is 6.33. The van der Waals surface area contributed by atoms with E-state index in [1.807, 2.05) is 31.2 Å². The van der Waals surface area contributed by atoms with Gasteiger partial charge in [0.2, 0.25) is 0 Å². The standard InChI is InChI=1S/C14H12ClN3/c1-9-6-11(17)3-5-13(9)18-14-4-2-10(8-16)7-12(14)15/h2-7,18H,17H2,1H3. The fourth-order valence-electron chi connectivity index (χ4n) is 1.66. The van der Waals surface area contributed by atoms with E-state index in [-0.39, 0.29) is 0 Å². The molecule has 0 saturated carbocycles. The minimum absolute atomic E-state index is 0.519. The van der Waals surface area contributed by atoms with Crippen LogP contribution in [0.2, 0.25) is 5.02 Å². The lowest BCUT2D eigenvalue weighted by atomic mass is 10.1. The molecule has 2 rings (SSSR count). The van der Waals surface area contributed by atoms with Crippen LogP contribution >= 0.6 is 11.6 Å². The number of rotatable bonds is 2. The van der Waals surface area contributed by atoms with Gasteiger partial charge in [-0.2, -0.15) is 5.26 Å². The Morgan fingerprint density at radius 2 is 1.89 bits per heavy atom. The molecule has 0 aliphatic carbocycles. The molecule has 90 valence electrons. The van der Waals surface area contributed by atoms with Crippen LogP contribution in [0, 0.1) is 18.3 Å². The van der Waals surface area contributed by atoms with Crippen LogP contribution in [0.5, 0.6) is 0 Å². The predicted octanol–water partition coefficient (Wildman–Crippen LogP) is 3.85. The molecule has 3 nitrogen and oxygen atoms in total. The smallest absolute Gasteiger partial charge is 0.0992 e. The molecule has 0 amide bonds. The molecule has 2 aromatic rings. The minimum Gasteiger partial charge on any atom is -0.399 e. The summed E-state index contributed by atoms with van der Waals surface area (Å²) in [5.74, 6) is 0. The number of anilines is 3. The monoisotopic (exact) mass is 257 g/mol. The second-order valence-electron chi connectivity index (χ2n) is 4.01. The maximum Gasteiger partial charge on any atom is 0.0992 e. The largest absolute Gasteiger partial charge is 0.399 e. The first-order valence-electron chi connectivity index (χ1n) is 5.43. The van der Waals surface area contributed by atoms with Crippen LogP contribution in [0.25, 0.3) is 0 Å². The molecule has 0 aromatic heterocycles. The second kappa shape index (κ2) is 4.99. The summed E-state index contributed by atoms with van der Waals surface area (Å²) >= 11 is 6.10. The van der Waals surface area contributed by atoms with Gasteiger partial charge in [0.1, 0.15) is 0 Å². The van der Waals surface area contributed by atoms with Crippen molar-refractivity contribution in [3.8, 4) is 6.07 Å². The van der Waals surface area contributed by atoms with Crippen LogP contribution in [0.4, 0.5) is 17.1 Å². The van der Waals surface area contributed by atoms with Gasteiger partial charge < -0.3 is 11.1 Å². The van der Waals surface area contributed by atoms with Gasteiger partial charge >= 0.3 is 0 Å². The number of aryl methyl sites for hydroxylation is 1. The van der Waals surface area contributed by atoms with Gasteiger partial charge in [-0.05, 0) is 48.9 Å². The third-order valence-electron chi connectivity index (χ3n) is 2.62. The summed E-state index contributed by atoms with van der Waals surface area (Å²) < 4.78 is 0. The Morgan fingerprint density at radius 1 is 1.17 bits per heavy atom. The van der Waals surface area contributed by atoms with Crippen LogP contribution in [0.3, 0.4) is 0 Å². The molecule has 0 radical (unpaired) electrons. The number of nitrogens with one attached hydrogen (secondary N) is 1. The van der Waals surface area contributed by atoms with Crippen molar-refractivity contribution in [1.82, 2.24) is 0 Å². The predicted molar refractivity (Wildman–Crippen MR) is 75.0 cm³/mol. The summed E-state index contributed by atoms with van der Waals surface area (Å²) in [4.78, 5) is 0. The lowest BCUT2D eigenvalue weighted by Gasteiger charge is -2.11. The molecule has 0 bridgehead atoms. The summed E-state index contributed by atoms with van der Waals surface area (Å²) in [6, 6.07) is 12.8. The number of hydrogen-bond acceptors (Lipinski definition) is 3. The molecular formula is C14H12ClN3. The molecule has 0 aliphatic rings. The Kier molecular flexibility index (Phi) is 3.40. The van der Waals surface area contributed by atoms with E-state index in [0.29, 0.717) is 10.6 Å². The zero-order valence-corrected chi connectivity index (χ0v) is 10.6. The Balaban J connectivity index is 2.32. The Hall–Kier alpha value is -2.18. The zero-order valence-electron chi connectivity index (χ0n) is 9.87. The molecule has 4 heteroatoms. The van der Waals surface area contributed by atoms with E-state index in [9.17, 15) is 0 Å². The van der Waals surface area contributed by atoms with Crippen molar-refractivity contribution in [2.45, 2.75) is 6.92 Å². The van der Waals surface area contributed by atoms with E-state index >= 15 is 0 Å². The molecule has 0 unspecified atom stereocenters. The molecule has 2 aromatic carbocycles. The number of hydrogen-bond donors (Lipinski definition) is 2. The molecule has 0 aliphatic heterocycles. The number of nitrogens with two attached hydrogens (primary N) is 1. The molecule has 0 heterocycles. The molecule has 18 heavy (non-hydrogen) atoms. The molecule has 3 N–H and O–H groups in total. The summed E-state index contributed by atoms with van der Waals surface area (Å²) in [7, 11) is 0. The van der Waals surface area contributed by atoms with Crippen LogP contribution in [0.15, 0.2) is 36.4 Å². The molecular weight excluding hydrogens is 246 g/mol. The first-order valence-corrected chi connectivity index (χ1v) is 5.81. The van der Waals surface area contributed by atoms with Gasteiger partial charge in [-0.25, -0.2) is 0 Å². The summed E-state index contributed by atoms with van der Waals surface area (Å²) in [6.07, 6.45) is 0. The van der Waals surface area contributed by atoms with Crippen LogP contribution in [0.1, 0.15) is 11.1 Å². The zero-order chi connectivity index (χ0) is 13.1. The second-order valence-corrected chi connectivity index (χ2v) is 4.41. The van der Waals surface area contributed by atoms with Crippen molar-refractivity contribution in [3.05, 3.63) is 52.5 Å². The van der Waals surface area contributed by atoms with Crippen molar-refractivity contribution in [1.29, 1.82) is 5.26 Å². The highest BCUT2D eigenvalue weighted by Crippen LogP contribution is 2.28. The van der Waals surface area contributed by atoms with Crippen molar-refractivity contribution in [2.24, 2.45) is 0 Å². The maximum absolute atomic E-state index is 8.77. The number of benzene rings is 2. The van der Waals surface area contributed by atoms with Gasteiger partial charge in [0.25, 0.3) is 0 Å². The summed E-state index contributed by atoms with van der Waals surface area (Å²) in [5, 5.41) is 12.5. The Labute approximate surface area is 111 Å². The minimum atomic E-state index is 0.519. The molecule has 0 saturated heterocycles. The average Bonchev–Trinajstić information content (AvgIpc) is 2.34. The number of nitriles is 1. The highest BCUT2D eigenvalue weighted by atomic mass is 35.5. The van der Waals surface area contributed by atoms with Crippen molar-refractivity contribution < 1.29 is 0 Å². The van der Waals surface area contributed by atoms with Crippen molar-refractivity contribution in [2.75, 3.05) is 11.1 Å². The van der Waals surface area contributed by atoms with Crippen LogP contribution in [-0.4, -0.2) is 0 Å². The van der Waals surface area contributed by atoms with Gasteiger partial charge in [0.15, 0.2) is 0 Å². The number of nitrogens with zero attached hydrogens (tertiary/aromatic N) is 1. The lowest BCUT2D eigenvalue weighted by Crippen LogP contribution is -1.95. The van der Waals surface area contributed by atoms with Crippen molar-refractivity contribution >= 4 is 28.7 Å². The van der Waals surface area contributed by atoms with Gasteiger partial charge in [-0.3, -0.25) is 0 Å². The quantitative estimate of drug-likeness (QED) is 0.804. The third kappa shape index (κ3) is 2.55. The van der Waals surface area contributed by atoms with Crippen LogP contribution < -0.4 is 11.1 Å². The highest BCUT2D eigenvalue weighted by Gasteiger charge is 2.04. The first kappa shape index (κ1) is 12.3. The first-order chi connectivity index (χ1) is 8.60. The number of nitrogen functional groups attached to an aromatic ring is 1.